The Morgan fingerprint density at radius 2 is 1.95 bits per heavy atom. The normalized spacial score (nSPS) is 37.4. The highest BCUT2D eigenvalue weighted by molar-refractivity contribution is 7.98. The van der Waals surface area contributed by atoms with E-state index in [1.807, 2.05) is 22.8 Å². The van der Waals surface area contributed by atoms with Gasteiger partial charge in [-0.25, -0.2) is 0 Å². The van der Waals surface area contributed by atoms with Crippen molar-refractivity contribution in [3.8, 4) is 5.88 Å². The molecule has 1 saturated carbocycles. The molecule has 4 aliphatic heterocycles. The number of aromatic nitrogens is 2. The molecule has 232 valence electrons. The fraction of sp³-hybridized carbons (Fsp3) is 0.897. The predicted octanol–water partition coefficient (Wildman–Crippen LogP) is 4.97. The number of nitrogens with one attached hydrogen (secondary N) is 4. The van der Waals surface area contributed by atoms with Crippen molar-refractivity contribution in [1.82, 2.24) is 35.4 Å². The predicted molar refractivity (Wildman–Crippen MR) is 155 cm³/mol. The number of nitrogens with zero attached hydrogens (tertiary/aromatic N) is 3. The second kappa shape index (κ2) is 12.1. The van der Waals surface area contributed by atoms with E-state index in [2.05, 4.69) is 44.5 Å². The minimum Gasteiger partial charge on any atom is -0.477 e. The first kappa shape index (κ1) is 30.0. The number of rotatable bonds is 5. The van der Waals surface area contributed by atoms with Gasteiger partial charge in [0, 0.05) is 36.8 Å². The van der Waals surface area contributed by atoms with Crippen LogP contribution in [0.1, 0.15) is 90.6 Å². The molecule has 41 heavy (non-hydrogen) atoms. The van der Waals surface area contributed by atoms with Crippen LogP contribution in [0, 0.1) is 17.3 Å². The van der Waals surface area contributed by atoms with Crippen molar-refractivity contribution >= 4 is 11.9 Å². The Kier molecular flexibility index (Phi) is 8.89. The number of fused-ring (bicyclic) bond motifs is 6. The third kappa shape index (κ3) is 6.87. The van der Waals surface area contributed by atoms with Crippen LogP contribution in [0.4, 0.5) is 13.2 Å². The zero-order valence-corrected chi connectivity index (χ0v) is 25.3. The number of piperidine rings is 2. The summed E-state index contributed by atoms with van der Waals surface area (Å²) in [5, 5.41) is 16.6. The van der Waals surface area contributed by atoms with Crippen molar-refractivity contribution in [1.29, 1.82) is 0 Å². The molecule has 4 N–H and O–H groups in total. The van der Waals surface area contributed by atoms with E-state index in [-0.39, 0.29) is 43.7 Å². The summed E-state index contributed by atoms with van der Waals surface area (Å²) in [6.45, 7) is 7.92. The number of halogens is 3. The van der Waals surface area contributed by atoms with Gasteiger partial charge in [0.1, 0.15) is 6.17 Å². The fourth-order valence-electron chi connectivity index (χ4n) is 7.63. The second-order valence-electron chi connectivity index (χ2n) is 13.7. The summed E-state index contributed by atoms with van der Waals surface area (Å²) in [7, 11) is 0. The molecule has 0 aromatic carbocycles. The van der Waals surface area contributed by atoms with Gasteiger partial charge in [0.15, 0.2) is 0 Å². The molecule has 0 amide bonds. The summed E-state index contributed by atoms with van der Waals surface area (Å²) in [6, 6.07) is 1.78. The number of ether oxygens (including phenoxy) is 1. The van der Waals surface area contributed by atoms with Crippen molar-refractivity contribution in [2.45, 2.75) is 120 Å². The number of alkyl halides is 3. The average Bonchev–Trinajstić information content (AvgIpc) is 3.48. The van der Waals surface area contributed by atoms with Crippen molar-refractivity contribution in [2.24, 2.45) is 17.3 Å². The number of hydrogen-bond acceptors (Lipinski definition) is 8. The smallest absolute Gasteiger partial charge is 0.394 e. The Morgan fingerprint density at radius 1 is 1.10 bits per heavy atom. The topological polar surface area (TPSA) is 78.4 Å². The molecule has 7 atom stereocenters. The summed E-state index contributed by atoms with van der Waals surface area (Å²) in [5.41, 5.74) is -1.44. The molecule has 6 rings (SSSR count). The molecule has 12 heteroatoms. The van der Waals surface area contributed by atoms with Gasteiger partial charge in [0.05, 0.1) is 29.7 Å². The first-order valence-corrected chi connectivity index (χ1v) is 16.7. The lowest BCUT2D eigenvalue weighted by Crippen LogP contribution is -2.60. The molecular formula is C29H48F3N7OS. The average molecular weight is 600 g/mol. The van der Waals surface area contributed by atoms with E-state index in [0.29, 0.717) is 29.3 Å². The maximum absolute atomic E-state index is 13.3. The van der Waals surface area contributed by atoms with E-state index in [0.717, 1.165) is 32.5 Å². The summed E-state index contributed by atoms with van der Waals surface area (Å²) < 4.78 is 51.2. The molecule has 0 spiro atoms. The van der Waals surface area contributed by atoms with E-state index >= 15 is 0 Å². The highest BCUT2D eigenvalue weighted by Gasteiger charge is 2.62. The molecule has 5 heterocycles. The lowest BCUT2D eigenvalue weighted by Gasteiger charge is -2.47. The van der Waals surface area contributed by atoms with Crippen molar-refractivity contribution in [3.63, 3.8) is 0 Å². The van der Waals surface area contributed by atoms with Crippen molar-refractivity contribution in [3.05, 3.63) is 12.3 Å². The van der Waals surface area contributed by atoms with Crippen molar-refractivity contribution in [2.75, 3.05) is 26.2 Å². The van der Waals surface area contributed by atoms with Crippen LogP contribution in [0.3, 0.4) is 0 Å². The van der Waals surface area contributed by atoms with Crippen LogP contribution in [-0.4, -0.2) is 70.3 Å². The molecule has 4 saturated heterocycles. The van der Waals surface area contributed by atoms with Gasteiger partial charge < -0.3 is 10.1 Å². The third-order valence-corrected chi connectivity index (χ3v) is 11.3. The second-order valence-corrected chi connectivity index (χ2v) is 14.8. The maximum Gasteiger partial charge on any atom is 0.394 e. The van der Waals surface area contributed by atoms with Crippen LogP contribution >= 0.6 is 11.9 Å². The van der Waals surface area contributed by atoms with Gasteiger partial charge >= 0.3 is 6.18 Å². The van der Waals surface area contributed by atoms with Crippen LogP contribution < -0.4 is 25.4 Å². The molecule has 1 aromatic heterocycles. The van der Waals surface area contributed by atoms with E-state index in [1.54, 1.807) is 6.07 Å². The molecule has 5 aliphatic rings. The largest absolute Gasteiger partial charge is 0.477 e. The monoisotopic (exact) mass is 599 g/mol. The van der Waals surface area contributed by atoms with Crippen molar-refractivity contribution < 1.29 is 17.9 Å². The Labute approximate surface area is 246 Å². The molecule has 1 aliphatic carbocycles. The Hall–Kier alpha value is -1.05. The van der Waals surface area contributed by atoms with Gasteiger partial charge in [0.2, 0.25) is 5.88 Å². The zero-order chi connectivity index (χ0) is 28.7. The van der Waals surface area contributed by atoms with E-state index < -0.39 is 11.6 Å². The standard InChI is InChI=1S/C29H48F3N7OS/c1-27(2)17-20-5-4-14-33-22-6-3-7-25(35-22)41-34-18-21-8-9-23(36-26(21)38(27)19-20)39-15-10-24(37-39)40-16-13-28(11-12-28)29(30,31)32/h10,15,20-23,25-26,33-36H,3-9,11-14,16-19H2,1-2H3. The minimum atomic E-state index is -4.15. The minimum absolute atomic E-state index is 0.00188. The first-order valence-electron chi connectivity index (χ1n) is 15.8. The van der Waals surface area contributed by atoms with Crippen LogP contribution in [0.15, 0.2) is 12.3 Å². The van der Waals surface area contributed by atoms with Gasteiger partial charge in [0.25, 0.3) is 0 Å². The highest BCUT2D eigenvalue weighted by atomic mass is 32.2. The summed E-state index contributed by atoms with van der Waals surface area (Å²) in [6.07, 6.45) is 8.11. The molecule has 1 aromatic rings. The number of hydrogen-bond donors (Lipinski definition) is 4. The van der Waals surface area contributed by atoms with Gasteiger partial charge in [-0.3, -0.25) is 24.9 Å². The van der Waals surface area contributed by atoms with Crippen LogP contribution in [0.25, 0.3) is 0 Å². The maximum atomic E-state index is 13.3. The van der Waals surface area contributed by atoms with E-state index in [4.69, 9.17) is 4.74 Å². The van der Waals surface area contributed by atoms with E-state index in [1.165, 1.54) is 38.5 Å². The summed E-state index contributed by atoms with van der Waals surface area (Å²) in [5.74, 6) is 1.55. The molecular weight excluding hydrogens is 551 g/mol. The lowest BCUT2D eigenvalue weighted by atomic mass is 9.90. The quantitative estimate of drug-likeness (QED) is 0.354. The van der Waals surface area contributed by atoms with Crippen LogP contribution in [-0.2, 0) is 0 Å². The summed E-state index contributed by atoms with van der Waals surface area (Å²) >= 11 is 1.85. The molecule has 0 radical (unpaired) electrons. The molecule has 5 fully saturated rings. The zero-order valence-electron chi connectivity index (χ0n) is 24.5. The SMILES string of the molecule is CC1(C)CC2CCCNC3CCCC(N3)SNCC3CCC(n4ccc(OCCC5(C(F)(F)F)CC5)n4)NC3N1C2. The fourth-order valence-corrected chi connectivity index (χ4v) is 8.66. The lowest BCUT2D eigenvalue weighted by molar-refractivity contribution is -0.190. The first-order chi connectivity index (χ1) is 19.6. The van der Waals surface area contributed by atoms with E-state index in [9.17, 15) is 13.2 Å². The molecule has 7 unspecified atom stereocenters. The van der Waals surface area contributed by atoms with Crippen LogP contribution in [0.5, 0.6) is 5.88 Å². The Bertz CT molecular complexity index is 1020. The van der Waals surface area contributed by atoms with Gasteiger partial charge in [-0.1, -0.05) is 11.9 Å². The van der Waals surface area contributed by atoms with Crippen LogP contribution in [0.2, 0.25) is 0 Å². The Morgan fingerprint density at radius 3 is 2.76 bits per heavy atom. The van der Waals surface area contributed by atoms with Gasteiger partial charge in [-0.05, 0) is 96.9 Å². The highest BCUT2D eigenvalue weighted by Crippen LogP contribution is 2.59. The molecule has 8 nitrogen and oxygen atoms in total. The molecule has 4 bridgehead atoms. The Balaban J connectivity index is 1.11. The third-order valence-electron chi connectivity index (χ3n) is 10.3. The summed E-state index contributed by atoms with van der Waals surface area (Å²) in [4.78, 5) is 2.71. The van der Waals surface area contributed by atoms with Gasteiger partial charge in [-0.15, -0.1) is 5.10 Å². The van der Waals surface area contributed by atoms with Gasteiger partial charge in [-0.2, -0.15) is 13.2 Å².